The molecule has 17 heavy (non-hydrogen) atoms. The third-order valence-electron chi connectivity index (χ3n) is 2.76. The minimum atomic E-state index is -4.12. The van der Waals surface area contributed by atoms with Crippen LogP contribution in [0.15, 0.2) is 0 Å². The van der Waals surface area contributed by atoms with Gasteiger partial charge in [-0.25, -0.2) is 0 Å². The van der Waals surface area contributed by atoms with Crippen molar-refractivity contribution in [2.75, 3.05) is 33.4 Å². The molecule has 1 unspecified atom stereocenters. The number of ether oxygens (including phenoxy) is 1. The summed E-state index contributed by atoms with van der Waals surface area (Å²) in [5.74, 6) is 0. The number of hydrogen-bond acceptors (Lipinski definition) is 3. The van der Waals surface area contributed by atoms with Crippen LogP contribution in [0.1, 0.15) is 19.8 Å². The predicted molar refractivity (Wildman–Crippen MR) is 60.0 cm³/mol. The van der Waals surface area contributed by atoms with Crippen LogP contribution in [0.5, 0.6) is 0 Å². The average Bonchev–Trinajstić information content (AvgIpc) is 2.98. The fraction of sp³-hybridized carbons (Fsp3) is 1.00. The molecule has 0 heterocycles. The summed E-state index contributed by atoms with van der Waals surface area (Å²) in [6.07, 6.45) is -2.36. The van der Waals surface area contributed by atoms with Crippen molar-refractivity contribution in [3.63, 3.8) is 0 Å². The summed E-state index contributed by atoms with van der Waals surface area (Å²) in [6.45, 7) is 2.69. The van der Waals surface area contributed by atoms with Crippen molar-refractivity contribution in [3.05, 3.63) is 0 Å². The van der Waals surface area contributed by atoms with Crippen molar-refractivity contribution < 1.29 is 17.9 Å². The summed E-state index contributed by atoms with van der Waals surface area (Å²) in [4.78, 5) is 1.52. The summed E-state index contributed by atoms with van der Waals surface area (Å²) in [6, 6.07) is 0.0718. The third kappa shape index (κ3) is 6.24. The lowest BCUT2D eigenvalue weighted by atomic mass is 10.2. The van der Waals surface area contributed by atoms with Gasteiger partial charge >= 0.3 is 6.18 Å². The van der Waals surface area contributed by atoms with Gasteiger partial charge in [0.25, 0.3) is 0 Å². The van der Waals surface area contributed by atoms with Crippen molar-refractivity contribution >= 4 is 0 Å². The molecule has 6 heteroatoms. The summed E-state index contributed by atoms with van der Waals surface area (Å²) in [5.41, 5.74) is 0. The Balaban J connectivity index is 2.45. The molecule has 0 saturated heterocycles. The maximum Gasteiger partial charge on any atom is 0.401 e. The summed E-state index contributed by atoms with van der Waals surface area (Å²) in [7, 11) is 1.57. The van der Waals surface area contributed by atoms with Crippen LogP contribution < -0.4 is 5.32 Å². The normalized spacial score (nSPS) is 18.7. The number of rotatable bonds is 8. The number of methoxy groups -OCH3 is 1. The molecular weight excluding hydrogens is 233 g/mol. The Bertz CT molecular complexity index is 213. The molecule has 0 aromatic carbocycles. The van der Waals surface area contributed by atoms with Gasteiger partial charge in [0, 0.05) is 25.7 Å². The number of hydrogen-bond donors (Lipinski definition) is 1. The van der Waals surface area contributed by atoms with Crippen molar-refractivity contribution in [1.82, 2.24) is 10.2 Å². The van der Waals surface area contributed by atoms with Crippen LogP contribution in [-0.4, -0.2) is 56.5 Å². The van der Waals surface area contributed by atoms with Crippen LogP contribution in [0.3, 0.4) is 0 Å². The van der Waals surface area contributed by atoms with Crippen molar-refractivity contribution in [2.45, 2.75) is 38.0 Å². The maximum absolute atomic E-state index is 12.4. The van der Waals surface area contributed by atoms with E-state index >= 15 is 0 Å². The predicted octanol–water partition coefficient (Wildman–Crippen LogP) is 1.64. The zero-order valence-corrected chi connectivity index (χ0v) is 10.4. The van der Waals surface area contributed by atoms with E-state index in [4.69, 9.17) is 4.74 Å². The maximum atomic E-state index is 12.4. The molecule has 0 aliphatic heterocycles. The monoisotopic (exact) mass is 254 g/mol. The Labute approximate surface area is 100 Å². The van der Waals surface area contributed by atoms with Gasteiger partial charge in [0.2, 0.25) is 0 Å². The summed E-state index contributed by atoms with van der Waals surface area (Å²) < 4.78 is 42.3. The first kappa shape index (κ1) is 14.7. The third-order valence-corrected chi connectivity index (χ3v) is 2.76. The molecular formula is C11H21F3N2O. The van der Waals surface area contributed by atoms with Gasteiger partial charge in [-0.3, -0.25) is 4.90 Å². The standard InChI is InChI=1S/C11H21F3N2O/c1-3-15-9(7-17-2)6-16(10-4-5-10)8-11(12,13)14/h9-10,15H,3-8H2,1-2H3. The Kier molecular flexibility index (Phi) is 5.69. The van der Waals surface area contributed by atoms with Crippen LogP contribution in [0.2, 0.25) is 0 Å². The van der Waals surface area contributed by atoms with Crippen LogP contribution in [-0.2, 0) is 4.74 Å². The lowest BCUT2D eigenvalue weighted by Gasteiger charge is -2.28. The van der Waals surface area contributed by atoms with E-state index < -0.39 is 12.7 Å². The molecule has 1 saturated carbocycles. The number of alkyl halides is 3. The van der Waals surface area contributed by atoms with Gasteiger partial charge in [0.1, 0.15) is 0 Å². The molecule has 0 bridgehead atoms. The lowest BCUT2D eigenvalue weighted by Crippen LogP contribution is -2.47. The minimum Gasteiger partial charge on any atom is -0.383 e. The van der Waals surface area contributed by atoms with E-state index in [1.54, 1.807) is 7.11 Å². The first-order valence-corrected chi connectivity index (χ1v) is 5.99. The summed E-state index contributed by atoms with van der Waals surface area (Å²) in [5, 5.41) is 3.15. The molecule has 0 aromatic rings. The molecule has 0 aromatic heterocycles. The quantitative estimate of drug-likeness (QED) is 0.712. The first-order valence-electron chi connectivity index (χ1n) is 5.99. The number of nitrogens with one attached hydrogen (secondary N) is 1. The second-order valence-corrected chi connectivity index (χ2v) is 4.49. The molecule has 3 nitrogen and oxygen atoms in total. The van der Waals surface area contributed by atoms with E-state index in [-0.39, 0.29) is 12.1 Å². The zero-order chi connectivity index (χ0) is 12.9. The smallest absolute Gasteiger partial charge is 0.383 e. The highest BCUT2D eigenvalue weighted by Gasteiger charge is 2.38. The van der Waals surface area contributed by atoms with Crippen LogP contribution >= 0.6 is 0 Å². The molecule has 0 spiro atoms. The molecule has 1 N–H and O–H groups in total. The highest BCUT2D eigenvalue weighted by molar-refractivity contribution is 4.88. The van der Waals surface area contributed by atoms with Gasteiger partial charge in [0.15, 0.2) is 0 Å². The Hall–Kier alpha value is -0.330. The van der Waals surface area contributed by atoms with E-state index in [1.807, 2.05) is 6.92 Å². The fourth-order valence-electron chi connectivity index (χ4n) is 1.96. The Morgan fingerprint density at radius 2 is 2.06 bits per heavy atom. The van der Waals surface area contributed by atoms with E-state index in [1.165, 1.54) is 4.90 Å². The minimum absolute atomic E-state index is 0.0343. The number of likely N-dealkylation sites (N-methyl/N-ethyl adjacent to an activating group) is 1. The molecule has 0 radical (unpaired) electrons. The van der Waals surface area contributed by atoms with E-state index in [0.29, 0.717) is 13.2 Å². The fourth-order valence-corrected chi connectivity index (χ4v) is 1.96. The molecule has 1 rings (SSSR count). The zero-order valence-electron chi connectivity index (χ0n) is 10.4. The largest absolute Gasteiger partial charge is 0.401 e. The summed E-state index contributed by atoms with van der Waals surface area (Å²) >= 11 is 0. The molecule has 102 valence electrons. The van der Waals surface area contributed by atoms with Crippen molar-refractivity contribution in [1.29, 1.82) is 0 Å². The molecule has 1 atom stereocenters. The lowest BCUT2D eigenvalue weighted by molar-refractivity contribution is -0.148. The van der Waals surface area contributed by atoms with E-state index in [2.05, 4.69) is 5.32 Å². The number of halogens is 3. The SMILES string of the molecule is CCNC(COC)CN(CC(F)(F)F)C1CC1. The molecule has 1 aliphatic carbocycles. The van der Waals surface area contributed by atoms with Crippen LogP contribution in [0, 0.1) is 0 Å². The van der Waals surface area contributed by atoms with Gasteiger partial charge in [-0.15, -0.1) is 0 Å². The molecule has 0 amide bonds. The van der Waals surface area contributed by atoms with Crippen molar-refractivity contribution in [3.8, 4) is 0 Å². The second kappa shape index (κ2) is 6.56. The van der Waals surface area contributed by atoms with Crippen LogP contribution in [0.4, 0.5) is 13.2 Å². The van der Waals surface area contributed by atoms with Crippen molar-refractivity contribution in [2.24, 2.45) is 0 Å². The first-order chi connectivity index (χ1) is 7.96. The second-order valence-electron chi connectivity index (χ2n) is 4.49. The number of nitrogens with zero attached hydrogens (tertiary/aromatic N) is 1. The average molecular weight is 254 g/mol. The van der Waals surface area contributed by atoms with Gasteiger partial charge in [-0.2, -0.15) is 13.2 Å². The van der Waals surface area contributed by atoms with Crippen LogP contribution in [0.25, 0.3) is 0 Å². The van der Waals surface area contributed by atoms with Gasteiger partial charge in [0.05, 0.1) is 13.2 Å². The Morgan fingerprint density at radius 3 is 2.47 bits per heavy atom. The Morgan fingerprint density at radius 1 is 1.41 bits per heavy atom. The van der Waals surface area contributed by atoms with Gasteiger partial charge in [-0.05, 0) is 19.4 Å². The van der Waals surface area contributed by atoms with Gasteiger partial charge in [-0.1, -0.05) is 6.92 Å². The topological polar surface area (TPSA) is 24.5 Å². The van der Waals surface area contributed by atoms with E-state index in [9.17, 15) is 13.2 Å². The van der Waals surface area contributed by atoms with Gasteiger partial charge < -0.3 is 10.1 Å². The highest BCUT2D eigenvalue weighted by atomic mass is 19.4. The van der Waals surface area contributed by atoms with E-state index in [0.717, 1.165) is 19.4 Å². The molecule has 1 aliphatic rings. The highest BCUT2D eigenvalue weighted by Crippen LogP contribution is 2.30. The molecule has 1 fully saturated rings.